The van der Waals surface area contributed by atoms with Crippen LogP contribution in [0.4, 0.5) is 15.4 Å². The summed E-state index contributed by atoms with van der Waals surface area (Å²) < 4.78 is 15.1. The Morgan fingerprint density at radius 1 is 0.880 bits per heavy atom. The molecule has 1 aromatic rings. The van der Waals surface area contributed by atoms with Gasteiger partial charge in [-0.2, -0.15) is 4.90 Å². The third-order valence-corrected chi connectivity index (χ3v) is 2.42. The number of amides is 2. The second-order valence-corrected chi connectivity index (χ2v) is 7.02. The fraction of sp³-hybridized carbons (Fsp3) is 0.562. The standard InChI is InChI=1S/C16H23N3O6/c1-15(2,3)24-13(21)19(14(22)25-16(4,5)6)11-10(12(20)23-7)17-8-9-18-11/h8-9H,1-7H3. The molecule has 1 aromatic heterocycles. The molecule has 9 heteroatoms. The summed E-state index contributed by atoms with van der Waals surface area (Å²) in [6.07, 6.45) is 0.363. The number of hydrogen-bond acceptors (Lipinski definition) is 8. The summed E-state index contributed by atoms with van der Waals surface area (Å²) in [6.45, 7) is 9.81. The lowest BCUT2D eigenvalue weighted by Gasteiger charge is -2.28. The number of hydrogen-bond donors (Lipinski definition) is 0. The Bertz CT molecular complexity index is 633. The molecule has 0 aliphatic heterocycles. The van der Waals surface area contributed by atoms with Crippen molar-refractivity contribution in [2.24, 2.45) is 0 Å². The lowest BCUT2D eigenvalue weighted by Crippen LogP contribution is -2.45. The Labute approximate surface area is 146 Å². The first-order valence-corrected chi connectivity index (χ1v) is 7.51. The molecular weight excluding hydrogens is 330 g/mol. The van der Waals surface area contributed by atoms with Crippen LogP contribution in [-0.2, 0) is 14.2 Å². The molecule has 1 rings (SSSR count). The van der Waals surface area contributed by atoms with Crippen molar-refractivity contribution in [3.63, 3.8) is 0 Å². The SMILES string of the molecule is COC(=O)c1nccnc1N(C(=O)OC(C)(C)C)C(=O)OC(C)(C)C. The molecule has 0 N–H and O–H groups in total. The molecule has 0 unspecified atom stereocenters. The fourth-order valence-corrected chi connectivity index (χ4v) is 1.60. The predicted octanol–water partition coefficient (Wildman–Crippen LogP) is 2.94. The number of esters is 1. The van der Waals surface area contributed by atoms with Gasteiger partial charge in [-0.1, -0.05) is 0 Å². The van der Waals surface area contributed by atoms with Crippen molar-refractivity contribution < 1.29 is 28.6 Å². The van der Waals surface area contributed by atoms with Gasteiger partial charge in [0.15, 0.2) is 11.5 Å². The van der Waals surface area contributed by atoms with E-state index in [0.29, 0.717) is 4.90 Å². The van der Waals surface area contributed by atoms with Crippen molar-refractivity contribution in [3.8, 4) is 0 Å². The second-order valence-electron chi connectivity index (χ2n) is 7.02. The van der Waals surface area contributed by atoms with Gasteiger partial charge in [-0.15, -0.1) is 0 Å². The van der Waals surface area contributed by atoms with Crippen LogP contribution in [-0.4, -0.2) is 46.4 Å². The van der Waals surface area contributed by atoms with E-state index in [9.17, 15) is 14.4 Å². The Hall–Kier alpha value is -2.71. The highest BCUT2D eigenvalue weighted by molar-refractivity contribution is 6.11. The number of aromatic nitrogens is 2. The van der Waals surface area contributed by atoms with Crippen LogP contribution in [0.3, 0.4) is 0 Å². The maximum atomic E-state index is 12.5. The predicted molar refractivity (Wildman–Crippen MR) is 88.3 cm³/mol. The lowest BCUT2D eigenvalue weighted by atomic mass is 10.2. The number of rotatable bonds is 2. The van der Waals surface area contributed by atoms with Gasteiger partial charge in [-0.3, -0.25) is 0 Å². The Morgan fingerprint density at radius 3 is 1.72 bits per heavy atom. The molecule has 0 bridgehead atoms. The molecule has 0 aliphatic carbocycles. The van der Waals surface area contributed by atoms with E-state index < -0.39 is 29.4 Å². The van der Waals surface area contributed by atoms with E-state index in [4.69, 9.17) is 9.47 Å². The number of ether oxygens (including phenoxy) is 3. The molecule has 0 aliphatic rings. The van der Waals surface area contributed by atoms with Crippen LogP contribution in [0.15, 0.2) is 12.4 Å². The van der Waals surface area contributed by atoms with Gasteiger partial charge in [0, 0.05) is 12.4 Å². The molecule has 138 valence electrons. The molecule has 1 heterocycles. The first kappa shape index (κ1) is 20.3. The molecule has 0 fully saturated rings. The van der Waals surface area contributed by atoms with E-state index in [1.807, 2.05) is 0 Å². The van der Waals surface area contributed by atoms with Crippen molar-refractivity contribution in [2.45, 2.75) is 52.7 Å². The highest BCUT2D eigenvalue weighted by Crippen LogP contribution is 2.22. The molecule has 0 saturated carbocycles. The fourth-order valence-electron chi connectivity index (χ4n) is 1.60. The second kappa shape index (κ2) is 7.45. The van der Waals surface area contributed by atoms with E-state index in [-0.39, 0.29) is 11.5 Å². The first-order valence-electron chi connectivity index (χ1n) is 7.51. The van der Waals surface area contributed by atoms with E-state index >= 15 is 0 Å². The van der Waals surface area contributed by atoms with Gasteiger partial charge in [0.05, 0.1) is 7.11 Å². The molecule has 9 nitrogen and oxygen atoms in total. The molecule has 0 aromatic carbocycles. The third-order valence-electron chi connectivity index (χ3n) is 2.42. The molecule has 25 heavy (non-hydrogen) atoms. The van der Waals surface area contributed by atoms with Gasteiger partial charge in [-0.05, 0) is 41.5 Å². The van der Waals surface area contributed by atoms with Crippen LogP contribution in [0, 0.1) is 0 Å². The van der Waals surface area contributed by atoms with Crippen LogP contribution < -0.4 is 4.90 Å². The minimum absolute atomic E-state index is 0.318. The molecule has 0 atom stereocenters. The van der Waals surface area contributed by atoms with Crippen molar-refractivity contribution in [3.05, 3.63) is 18.1 Å². The summed E-state index contributed by atoms with van der Waals surface area (Å²) in [4.78, 5) is 45.2. The number of nitrogens with zero attached hydrogens (tertiary/aromatic N) is 3. The van der Waals surface area contributed by atoms with Gasteiger partial charge in [-0.25, -0.2) is 24.4 Å². The number of anilines is 1. The van der Waals surface area contributed by atoms with Crippen LogP contribution in [0.25, 0.3) is 0 Å². The number of carbonyl (C=O) groups excluding carboxylic acids is 3. The minimum Gasteiger partial charge on any atom is -0.464 e. The van der Waals surface area contributed by atoms with Crippen LogP contribution >= 0.6 is 0 Å². The van der Waals surface area contributed by atoms with Crippen molar-refractivity contribution in [1.29, 1.82) is 0 Å². The largest absolute Gasteiger partial charge is 0.464 e. The maximum Gasteiger partial charge on any atom is 0.425 e. The first-order chi connectivity index (χ1) is 11.4. The Morgan fingerprint density at radius 2 is 1.32 bits per heavy atom. The van der Waals surface area contributed by atoms with Crippen molar-refractivity contribution in [1.82, 2.24) is 9.97 Å². The zero-order chi connectivity index (χ0) is 19.4. The number of carbonyl (C=O) groups is 3. The van der Waals surface area contributed by atoms with E-state index in [2.05, 4.69) is 14.7 Å². The van der Waals surface area contributed by atoms with E-state index in [0.717, 1.165) is 7.11 Å². The minimum atomic E-state index is -1.05. The highest BCUT2D eigenvalue weighted by Gasteiger charge is 2.36. The van der Waals surface area contributed by atoms with Crippen molar-refractivity contribution >= 4 is 24.0 Å². The average Bonchev–Trinajstić information content (AvgIpc) is 2.43. The average molecular weight is 353 g/mol. The number of imide groups is 1. The van der Waals surface area contributed by atoms with Crippen LogP contribution in [0.2, 0.25) is 0 Å². The summed E-state index contributed by atoms with van der Waals surface area (Å²) >= 11 is 0. The Balaban J connectivity index is 3.40. The number of methoxy groups -OCH3 is 1. The smallest absolute Gasteiger partial charge is 0.425 e. The van der Waals surface area contributed by atoms with Gasteiger partial charge in [0.1, 0.15) is 11.2 Å². The van der Waals surface area contributed by atoms with Gasteiger partial charge >= 0.3 is 18.2 Å². The van der Waals surface area contributed by atoms with E-state index in [1.165, 1.54) is 12.4 Å². The zero-order valence-corrected chi connectivity index (χ0v) is 15.4. The summed E-state index contributed by atoms with van der Waals surface area (Å²) in [5.41, 5.74) is -2.09. The van der Waals surface area contributed by atoms with Crippen LogP contribution in [0.5, 0.6) is 0 Å². The molecule has 0 spiro atoms. The third kappa shape index (κ3) is 6.02. The van der Waals surface area contributed by atoms with Gasteiger partial charge in [0.2, 0.25) is 0 Å². The maximum absolute atomic E-state index is 12.5. The normalized spacial score (nSPS) is 11.5. The topological polar surface area (TPSA) is 108 Å². The molecule has 0 saturated heterocycles. The summed E-state index contributed by atoms with van der Waals surface area (Å²) in [6, 6.07) is 0. The summed E-state index contributed by atoms with van der Waals surface area (Å²) in [7, 11) is 1.14. The lowest BCUT2D eigenvalue weighted by molar-refractivity contribution is 0.0428. The molecule has 2 amide bonds. The van der Waals surface area contributed by atoms with Crippen molar-refractivity contribution in [2.75, 3.05) is 12.0 Å². The highest BCUT2D eigenvalue weighted by atomic mass is 16.6. The van der Waals surface area contributed by atoms with Crippen LogP contribution in [0.1, 0.15) is 52.0 Å². The molecular formula is C16H23N3O6. The quantitative estimate of drug-likeness (QED) is 0.590. The Kier molecular flexibility index (Phi) is 6.06. The monoisotopic (exact) mass is 353 g/mol. The van der Waals surface area contributed by atoms with E-state index in [1.54, 1.807) is 41.5 Å². The zero-order valence-electron chi connectivity index (χ0n) is 15.4. The van der Waals surface area contributed by atoms with Gasteiger partial charge in [0.25, 0.3) is 0 Å². The summed E-state index contributed by atoms with van der Waals surface area (Å²) in [5, 5.41) is 0. The molecule has 0 radical (unpaired) electrons. The van der Waals surface area contributed by atoms with Gasteiger partial charge < -0.3 is 14.2 Å². The summed E-state index contributed by atoms with van der Waals surface area (Å²) in [5.74, 6) is -1.20.